The van der Waals surface area contributed by atoms with Crippen molar-refractivity contribution in [2.45, 2.75) is 26.7 Å². The number of fused-ring (bicyclic) bond motifs is 1. The monoisotopic (exact) mass is 384 g/mol. The number of hydrogen-bond donors (Lipinski definition) is 0. The number of hydrogen-bond acceptors (Lipinski definition) is 6. The van der Waals surface area contributed by atoms with Gasteiger partial charge < -0.3 is 14.4 Å². The largest absolute Gasteiger partial charge is 0.469 e. The van der Waals surface area contributed by atoms with Crippen LogP contribution in [0.25, 0.3) is 10.9 Å². The Balaban J connectivity index is 1.63. The lowest BCUT2D eigenvalue weighted by Crippen LogP contribution is -2.42. The minimum atomic E-state index is -0.543. The van der Waals surface area contributed by atoms with E-state index in [0.717, 1.165) is 5.56 Å². The fraction of sp³-hybridized carbons (Fsp3) is 0.429. The van der Waals surface area contributed by atoms with E-state index in [1.807, 2.05) is 32.0 Å². The highest BCUT2D eigenvalue weighted by Crippen LogP contribution is 2.21. The second kappa shape index (κ2) is 8.37. The van der Waals surface area contributed by atoms with E-state index in [1.54, 1.807) is 11.0 Å². The van der Waals surface area contributed by atoms with Crippen LogP contribution in [-0.2, 0) is 19.1 Å². The summed E-state index contributed by atoms with van der Waals surface area (Å²) in [6.07, 6.45) is 1.11. The predicted molar refractivity (Wildman–Crippen MR) is 103 cm³/mol. The van der Waals surface area contributed by atoms with Crippen molar-refractivity contribution in [2.75, 3.05) is 26.8 Å². The van der Waals surface area contributed by atoms with E-state index >= 15 is 0 Å². The number of ether oxygens (including phenoxy) is 2. The molecule has 148 valence electrons. The molecule has 0 N–H and O–H groups in total. The number of pyridine rings is 1. The molecule has 1 aromatic heterocycles. The summed E-state index contributed by atoms with van der Waals surface area (Å²) < 4.78 is 10.0. The molecule has 0 bridgehead atoms. The van der Waals surface area contributed by atoms with Gasteiger partial charge in [0.25, 0.3) is 5.91 Å². The zero-order valence-electron chi connectivity index (χ0n) is 16.4. The molecule has 2 aromatic rings. The Kier molecular flexibility index (Phi) is 5.92. The summed E-state index contributed by atoms with van der Waals surface area (Å²) in [7, 11) is 1.37. The lowest BCUT2D eigenvalue weighted by molar-refractivity contribution is -0.149. The smallest absolute Gasteiger partial charge is 0.339 e. The van der Waals surface area contributed by atoms with Crippen molar-refractivity contribution in [1.82, 2.24) is 9.88 Å². The fourth-order valence-electron chi connectivity index (χ4n) is 3.47. The second-order valence-corrected chi connectivity index (χ2v) is 7.09. The molecule has 1 amide bonds. The number of aryl methyl sites for hydroxylation is 2. The summed E-state index contributed by atoms with van der Waals surface area (Å²) in [5, 5.41) is 0.710. The summed E-state index contributed by atoms with van der Waals surface area (Å²) in [6, 6.07) is 7.37. The second-order valence-electron chi connectivity index (χ2n) is 7.09. The van der Waals surface area contributed by atoms with Gasteiger partial charge >= 0.3 is 11.9 Å². The first-order valence-electron chi connectivity index (χ1n) is 9.29. The molecule has 7 heteroatoms. The summed E-state index contributed by atoms with van der Waals surface area (Å²) in [5.41, 5.74) is 2.84. The van der Waals surface area contributed by atoms with Gasteiger partial charge in [0.2, 0.25) is 0 Å². The zero-order valence-corrected chi connectivity index (χ0v) is 16.4. The van der Waals surface area contributed by atoms with Crippen molar-refractivity contribution in [3.05, 3.63) is 41.1 Å². The molecule has 0 spiro atoms. The average molecular weight is 384 g/mol. The number of carbonyl (C=O) groups excluding carboxylic acids is 3. The Labute approximate surface area is 163 Å². The van der Waals surface area contributed by atoms with Crippen molar-refractivity contribution in [1.29, 1.82) is 0 Å². The minimum absolute atomic E-state index is 0.175. The van der Waals surface area contributed by atoms with Crippen LogP contribution in [0.3, 0.4) is 0 Å². The van der Waals surface area contributed by atoms with Gasteiger partial charge in [-0.25, -0.2) is 4.79 Å². The molecule has 1 aromatic carbocycles. The van der Waals surface area contributed by atoms with Crippen molar-refractivity contribution >= 4 is 28.7 Å². The number of likely N-dealkylation sites (tertiary alicyclic amines) is 1. The molecule has 3 rings (SSSR count). The van der Waals surface area contributed by atoms with Crippen molar-refractivity contribution in [3.8, 4) is 0 Å². The van der Waals surface area contributed by atoms with Gasteiger partial charge in [0.05, 0.1) is 24.1 Å². The maximum Gasteiger partial charge on any atom is 0.339 e. The van der Waals surface area contributed by atoms with Crippen LogP contribution in [0.5, 0.6) is 0 Å². The van der Waals surface area contributed by atoms with Gasteiger partial charge in [0.15, 0.2) is 6.61 Å². The van der Waals surface area contributed by atoms with Gasteiger partial charge in [-0.3, -0.25) is 14.6 Å². The van der Waals surface area contributed by atoms with Gasteiger partial charge in [-0.2, -0.15) is 0 Å². The topological polar surface area (TPSA) is 85.8 Å². The summed E-state index contributed by atoms with van der Waals surface area (Å²) in [5.74, 6) is -1.22. The molecule has 1 saturated heterocycles. The Morgan fingerprint density at radius 3 is 2.54 bits per heavy atom. The SMILES string of the molecule is COC(=O)C1CCN(C(=O)COC(=O)c2cc(C)nc3ccc(C)cc23)CC1. The molecule has 1 fully saturated rings. The normalized spacial score (nSPS) is 14.8. The Morgan fingerprint density at radius 2 is 1.86 bits per heavy atom. The number of aromatic nitrogens is 1. The zero-order chi connectivity index (χ0) is 20.3. The van der Waals surface area contributed by atoms with Crippen LogP contribution in [0.1, 0.15) is 34.5 Å². The highest BCUT2D eigenvalue weighted by molar-refractivity contribution is 6.04. The van der Waals surface area contributed by atoms with Crippen LogP contribution in [0, 0.1) is 19.8 Å². The van der Waals surface area contributed by atoms with Gasteiger partial charge in [-0.15, -0.1) is 0 Å². The van der Waals surface area contributed by atoms with Crippen LogP contribution < -0.4 is 0 Å². The third kappa shape index (κ3) is 4.30. The first kappa shape index (κ1) is 19.8. The van der Waals surface area contributed by atoms with Crippen LogP contribution >= 0.6 is 0 Å². The molecule has 1 aliphatic rings. The quantitative estimate of drug-likeness (QED) is 0.753. The minimum Gasteiger partial charge on any atom is -0.469 e. The first-order chi connectivity index (χ1) is 13.4. The highest BCUT2D eigenvalue weighted by Gasteiger charge is 2.28. The van der Waals surface area contributed by atoms with Crippen LogP contribution in [0.2, 0.25) is 0 Å². The molecule has 0 radical (unpaired) electrons. The molecule has 7 nitrogen and oxygen atoms in total. The van der Waals surface area contributed by atoms with Gasteiger partial charge in [0, 0.05) is 24.2 Å². The first-order valence-corrected chi connectivity index (χ1v) is 9.29. The van der Waals surface area contributed by atoms with E-state index in [-0.39, 0.29) is 24.4 Å². The molecule has 2 heterocycles. The van der Waals surface area contributed by atoms with E-state index in [9.17, 15) is 14.4 Å². The molecule has 0 unspecified atom stereocenters. The number of piperidine rings is 1. The lowest BCUT2D eigenvalue weighted by atomic mass is 9.97. The number of benzene rings is 1. The van der Waals surface area contributed by atoms with Crippen LogP contribution in [0.15, 0.2) is 24.3 Å². The molecule has 28 heavy (non-hydrogen) atoms. The Morgan fingerprint density at radius 1 is 1.14 bits per heavy atom. The fourth-order valence-corrected chi connectivity index (χ4v) is 3.47. The van der Waals surface area contributed by atoms with E-state index in [0.29, 0.717) is 48.1 Å². The molecular weight excluding hydrogens is 360 g/mol. The molecular formula is C21H24N2O5. The third-order valence-electron chi connectivity index (χ3n) is 5.02. The summed E-state index contributed by atoms with van der Waals surface area (Å²) in [6.45, 7) is 4.33. The van der Waals surface area contributed by atoms with E-state index < -0.39 is 5.97 Å². The van der Waals surface area contributed by atoms with Crippen LogP contribution in [0.4, 0.5) is 0 Å². The standard InChI is InChI=1S/C21H24N2O5/c1-13-4-5-18-16(10-13)17(11-14(2)22-18)21(26)28-12-19(24)23-8-6-15(7-9-23)20(25)27-3/h4-5,10-11,15H,6-9,12H2,1-3H3. The molecule has 0 saturated carbocycles. The van der Waals surface area contributed by atoms with Gasteiger partial charge in [-0.05, 0) is 44.9 Å². The van der Waals surface area contributed by atoms with Gasteiger partial charge in [0.1, 0.15) is 0 Å². The Hall–Kier alpha value is -2.96. The maximum atomic E-state index is 12.6. The number of amides is 1. The third-order valence-corrected chi connectivity index (χ3v) is 5.02. The van der Waals surface area contributed by atoms with Gasteiger partial charge in [-0.1, -0.05) is 11.6 Å². The van der Waals surface area contributed by atoms with Crippen molar-refractivity contribution in [3.63, 3.8) is 0 Å². The van der Waals surface area contributed by atoms with Crippen molar-refractivity contribution < 1.29 is 23.9 Å². The molecule has 1 aliphatic heterocycles. The summed E-state index contributed by atoms with van der Waals surface area (Å²) >= 11 is 0. The summed E-state index contributed by atoms with van der Waals surface area (Å²) in [4.78, 5) is 42.6. The highest BCUT2D eigenvalue weighted by atomic mass is 16.5. The lowest BCUT2D eigenvalue weighted by Gasteiger charge is -2.30. The average Bonchev–Trinajstić information content (AvgIpc) is 2.71. The number of esters is 2. The van der Waals surface area contributed by atoms with Crippen LogP contribution in [-0.4, -0.2) is 54.5 Å². The number of rotatable bonds is 4. The maximum absolute atomic E-state index is 12.6. The van der Waals surface area contributed by atoms with E-state index in [4.69, 9.17) is 9.47 Å². The Bertz CT molecular complexity index is 916. The van der Waals surface area contributed by atoms with E-state index in [2.05, 4.69) is 4.98 Å². The van der Waals surface area contributed by atoms with Crippen molar-refractivity contribution in [2.24, 2.45) is 5.92 Å². The number of carbonyl (C=O) groups is 3. The number of nitrogens with zero attached hydrogens (tertiary/aromatic N) is 2. The number of methoxy groups -OCH3 is 1. The predicted octanol–water partition coefficient (Wildman–Crippen LogP) is 2.42. The van der Waals surface area contributed by atoms with E-state index in [1.165, 1.54) is 7.11 Å². The molecule has 0 aliphatic carbocycles. The molecule has 0 atom stereocenters.